The van der Waals surface area contributed by atoms with E-state index < -0.39 is 34.7 Å². The Labute approximate surface area is 125 Å². The van der Waals surface area contributed by atoms with Crippen molar-refractivity contribution in [1.82, 2.24) is 9.97 Å². The second kappa shape index (κ2) is 5.62. The Morgan fingerprint density at radius 3 is 2.81 bits per heavy atom. The smallest absolute Gasteiger partial charge is 0.256 e. The topological polar surface area (TPSA) is 83.4 Å². The van der Waals surface area contributed by atoms with E-state index in [1.165, 1.54) is 4.90 Å². The van der Waals surface area contributed by atoms with Gasteiger partial charge in [-0.15, -0.1) is 0 Å². The van der Waals surface area contributed by atoms with Crippen LogP contribution in [-0.4, -0.2) is 55.4 Å². The van der Waals surface area contributed by atoms with Gasteiger partial charge in [0.2, 0.25) is 5.95 Å². The van der Waals surface area contributed by atoms with Crippen molar-refractivity contribution < 1.29 is 22.3 Å². The standard InChI is InChI=1S/C11H14ClF2N3O3S/c1-21(19,20)9-8(12)4-15-10(16-9)17-3-2-11(13,14)7(5-17)6-18/h4,7,18H,2-3,5-6H2,1H3/t7-/m1/s1. The predicted octanol–water partition coefficient (Wildman–Crippen LogP) is 0.987. The number of hydrogen-bond donors (Lipinski definition) is 1. The van der Waals surface area contributed by atoms with Gasteiger partial charge in [-0.1, -0.05) is 11.6 Å². The molecule has 1 aliphatic rings. The molecule has 1 atom stereocenters. The molecule has 2 heterocycles. The summed E-state index contributed by atoms with van der Waals surface area (Å²) in [5, 5.41) is 8.59. The number of anilines is 1. The minimum atomic E-state index is -3.64. The summed E-state index contributed by atoms with van der Waals surface area (Å²) in [5.74, 6) is -4.20. The van der Waals surface area contributed by atoms with Gasteiger partial charge in [-0.2, -0.15) is 4.98 Å². The van der Waals surface area contributed by atoms with Crippen molar-refractivity contribution in [2.75, 3.05) is 30.9 Å². The molecule has 0 bridgehead atoms. The number of rotatable bonds is 3. The van der Waals surface area contributed by atoms with Crippen LogP contribution in [0.4, 0.5) is 14.7 Å². The fraction of sp³-hybridized carbons (Fsp3) is 0.636. The largest absolute Gasteiger partial charge is 0.396 e. The Morgan fingerprint density at radius 1 is 1.57 bits per heavy atom. The lowest BCUT2D eigenvalue weighted by Gasteiger charge is -2.37. The summed E-state index contributed by atoms with van der Waals surface area (Å²) in [6.45, 7) is -0.862. The van der Waals surface area contributed by atoms with Gasteiger partial charge in [0.25, 0.3) is 5.92 Å². The van der Waals surface area contributed by atoms with Crippen molar-refractivity contribution in [3.8, 4) is 0 Å². The average molecular weight is 342 g/mol. The molecule has 1 aromatic rings. The molecule has 1 fully saturated rings. The molecule has 0 spiro atoms. The molecule has 0 saturated carbocycles. The maximum Gasteiger partial charge on any atom is 0.256 e. The number of aromatic nitrogens is 2. The third kappa shape index (κ3) is 3.41. The molecular weight excluding hydrogens is 328 g/mol. The third-order valence-electron chi connectivity index (χ3n) is 3.31. The molecule has 0 radical (unpaired) electrons. The summed E-state index contributed by atoms with van der Waals surface area (Å²) in [6, 6.07) is 0. The minimum absolute atomic E-state index is 0.00813. The summed E-state index contributed by atoms with van der Waals surface area (Å²) in [6.07, 6.45) is 1.62. The van der Waals surface area contributed by atoms with Crippen molar-refractivity contribution in [3.63, 3.8) is 0 Å². The number of alkyl halides is 2. The molecule has 1 N–H and O–H groups in total. The van der Waals surface area contributed by atoms with Crippen LogP contribution in [0.1, 0.15) is 6.42 Å². The van der Waals surface area contributed by atoms with Gasteiger partial charge in [0.1, 0.15) is 0 Å². The number of aliphatic hydroxyl groups is 1. The number of piperidine rings is 1. The molecule has 0 amide bonds. The van der Waals surface area contributed by atoms with E-state index in [0.29, 0.717) is 0 Å². The number of sulfone groups is 1. The number of nitrogens with zero attached hydrogens (tertiary/aromatic N) is 3. The molecule has 0 aromatic carbocycles. The summed E-state index contributed by atoms with van der Waals surface area (Å²) in [4.78, 5) is 9.16. The van der Waals surface area contributed by atoms with Crippen LogP contribution in [0.5, 0.6) is 0 Å². The molecule has 1 saturated heterocycles. The lowest BCUT2D eigenvalue weighted by molar-refractivity contribution is -0.0881. The second-order valence-electron chi connectivity index (χ2n) is 4.93. The molecule has 0 unspecified atom stereocenters. The quantitative estimate of drug-likeness (QED) is 0.825. The number of aliphatic hydroxyl groups excluding tert-OH is 1. The van der Waals surface area contributed by atoms with Crippen LogP contribution in [-0.2, 0) is 9.84 Å². The first-order valence-corrected chi connectivity index (χ1v) is 8.38. The Balaban J connectivity index is 2.32. The van der Waals surface area contributed by atoms with Crippen LogP contribution in [0, 0.1) is 5.92 Å². The zero-order chi connectivity index (χ0) is 15.8. The van der Waals surface area contributed by atoms with Gasteiger partial charge in [-0.3, -0.25) is 0 Å². The van der Waals surface area contributed by atoms with Crippen LogP contribution in [0.25, 0.3) is 0 Å². The van der Waals surface area contributed by atoms with Gasteiger partial charge >= 0.3 is 0 Å². The Kier molecular flexibility index (Phi) is 4.36. The molecule has 2 rings (SSSR count). The van der Waals surface area contributed by atoms with E-state index in [-0.39, 0.29) is 29.1 Å². The number of hydrogen-bond acceptors (Lipinski definition) is 6. The summed E-state index contributed by atoms with van der Waals surface area (Å²) >= 11 is 5.74. The van der Waals surface area contributed by atoms with Crippen LogP contribution >= 0.6 is 11.6 Å². The zero-order valence-corrected chi connectivity index (χ0v) is 12.7. The first-order valence-electron chi connectivity index (χ1n) is 6.11. The van der Waals surface area contributed by atoms with E-state index in [9.17, 15) is 17.2 Å². The molecule has 6 nitrogen and oxygen atoms in total. The van der Waals surface area contributed by atoms with Crippen LogP contribution < -0.4 is 4.90 Å². The van der Waals surface area contributed by atoms with Gasteiger partial charge in [0, 0.05) is 25.8 Å². The molecule has 10 heteroatoms. The summed E-state index contributed by atoms with van der Waals surface area (Å²) in [7, 11) is -3.64. The monoisotopic (exact) mass is 341 g/mol. The van der Waals surface area contributed by atoms with Crippen molar-refractivity contribution in [3.05, 3.63) is 11.2 Å². The Morgan fingerprint density at radius 2 is 2.24 bits per heavy atom. The second-order valence-corrected chi connectivity index (χ2v) is 7.27. The highest BCUT2D eigenvalue weighted by Gasteiger charge is 2.44. The van der Waals surface area contributed by atoms with Crippen LogP contribution in [0.2, 0.25) is 5.02 Å². The lowest BCUT2D eigenvalue weighted by Crippen LogP contribution is -2.49. The van der Waals surface area contributed by atoms with Crippen LogP contribution in [0.3, 0.4) is 0 Å². The van der Waals surface area contributed by atoms with E-state index in [1.54, 1.807) is 0 Å². The molecule has 1 aromatic heterocycles. The molecule has 0 aliphatic carbocycles. The van der Waals surface area contributed by atoms with Gasteiger partial charge < -0.3 is 10.0 Å². The maximum absolute atomic E-state index is 13.5. The first-order chi connectivity index (χ1) is 9.65. The molecule has 118 valence electrons. The van der Waals surface area contributed by atoms with E-state index in [1.807, 2.05) is 0 Å². The summed E-state index contributed by atoms with van der Waals surface area (Å²) < 4.78 is 50.2. The fourth-order valence-corrected chi connectivity index (χ4v) is 3.27. The minimum Gasteiger partial charge on any atom is -0.396 e. The van der Waals surface area contributed by atoms with Crippen molar-refractivity contribution in [2.45, 2.75) is 17.4 Å². The highest BCUT2D eigenvalue weighted by molar-refractivity contribution is 7.90. The molecule has 21 heavy (non-hydrogen) atoms. The Bertz CT molecular complexity index is 642. The van der Waals surface area contributed by atoms with Crippen LogP contribution in [0.15, 0.2) is 11.2 Å². The van der Waals surface area contributed by atoms with Crippen molar-refractivity contribution in [2.24, 2.45) is 5.92 Å². The highest BCUT2D eigenvalue weighted by Crippen LogP contribution is 2.34. The summed E-state index contributed by atoms with van der Waals surface area (Å²) in [5.41, 5.74) is 0. The Hall–Kier alpha value is -1.06. The fourth-order valence-electron chi connectivity index (χ4n) is 2.11. The van der Waals surface area contributed by atoms with E-state index in [2.05, 4.69) is 9.97 Å². The molecule has 1 aliphatic heterocycles. The average Bonchev–Trinajstić information content (AvgIpc) is 2.38. The third-order valence-corrected chi connectivity index (χ3v) is 4.71. The number of halogens is 3. The van der Waals surface area contributed by atoms with E-state index in [4.69, 9.17) is 16.7 Å². The first kappa shape index (κ1) is 16.3. The molecular formula is C11H14ClF2N3O3S. The van der Waals surface area contributed by atoms with Gasteiger partial charge in [0.05, 0.1) is 23.7 Å². The van der Waals surface area contributed by atoms with Crippen molar-refractivity contribution >= 4 is 27.4 Å². The highest BCUT2D eigenvalue weighted by atomic mass is 35.5. The normalized spacial score (nSPS) is 22.3. The zero-order valence-electron chi connectivity index (χ0n) is 11.1. The van der Waals surface area contributed by atoms with Gasteiger partial charge in [0.15, 0.2) is 14.9 Å². The SMILES string of the molecule is CS(=O)(=O)c1nc(N2CCC(F)(F)[C@@H](CO)C2)ncc1Cl. The van der Waals surface area contributed by atoms with E-state index >= 15 is 0 Å². The van der Waals surface area contributed by atoms with E-state index in [0.717, 1.165) is 12.5 Å². The van der Waals surface area contributed by atoms with Crippen molar-refractivity contribution in [1.29, 1.82) is 0 Å². The predicted molar refractivity (Wildman–Crippen MR) is 72.5 cm³/mol. The van der Waals surface area contributed by atoms with Gasteiger partial charge in [-0.25, -0.2) is 22.2 Å². The maximum atomic E-state index is 13.5. The lowest BCUT2D eigenvalue weighted by atomic mass is 9.94. The van der Waals surface area contributed by atoms with Gasteiger partial charge in [-0.05, 0) is 0 Å².